The Kier molecular flexibility index (Phi) is 6.76. The van der Waals surface area contributed by atoms with E-state index in [-0.39, 0.29) is 29.3 Å². The number of benzene rings is 1. The average Bonchev–Trinajstić information content (AvgIpc) is 2.69. The van der Waals surface area contributed by atoms with Crippen molar-refractivity contribution in [1.82, 2.24) is 9.62 Å². The molecule has 0 bridgehead atoms. The minimum Gasteiger partial charge on any atom is -0.497 e. The average molecular weight is 395 g/mol. The molecule has 1 unspecified atom stereocenters. The van der Waals surface area contributed by atoms with E-state index in [1.807, 2.05) is 0 Å². The fourth-order valence-electron chi connectivity index (χ4n) is 4.13. The summed E-state index contributed by atoms with van der Waals surface area (Å²) in [5.74, 6) is 0.597. The normalized spacial score (nSPS) is 22.3. The summed E-state index contributed by atoms with van der Waals surface area (Å²) < 4.78 is 32.9. The number of methoxy groups -OCH3 is 1. The second-order valence-corrected chi connectivity index (χ2v) is 9.44. The van der Waals surface area contributed by atoms with E-state index < -0.39 is 10.0 Å². The quantitative estimate of drug-likeness (QED) is 0.804. The first-order chi connectivity index (χ1) is 13.0. The van der Waals surface area contributed by atoms with Crippen LogP contribution in [0.5, 0.6) is 5.75 Å². The van der Waals surface area contributed by atoms with E-state index >= 15 is 0 Å². The summed E-state index contributed by atoms with van der Waals surface area (Å²) in [6.07, 6.45) is 8.38. The lowest BCUT2D eigenvalue weighted by Crippen LogP contribution is -2.47. The molecule has 1 aromatic rings. The third-order valence-corrected chi connectivity index (χ3v) is 7.60. The number of ether oxygens (including phenoxy) is 1. The molecule has 3 rings (SSSR count). The molecule has 7 heteroatoms. The molecular formula is C20H30N2O4S. The van der Waals surface area contributed by atoms with E-state index in [9.17, 15) is 13.2 Å². The SMILES string of the molecule is COc1ccc(S(=O)(=O)N2CCCCC2CC(=O)NC2CCCCC2)cc1. The van der Waals surface area contributed by atoms with Crippen LogP contribution in [-0.4, -0.2) is 44.4 Å². The minimum atomic E-state index is -3.62. The van der Waals surface area contributed by atoms with Gasteiger partial charge in [-0.15, -0.1) is 0 Å². The predicted molar refractivity (Wildman–Crippen MR) is 104 cm³/mol. The smallest absolute Gasteiger partial charge is 0.243 e. The summed E-state index contributed by atoms with van der Waals surface area (Å²) in [6.45, 7) is 0.468. The Morgan fingerprint density at radius 3 is 2.41 bits per heavy atom. The van der Waals surface area contributed by atoms with E-state index in [1.165, 1.54) is 10.7 Å². The number of nitrogens with zero attached hydrogens (tertiary/aromatic N) is 1. The van der Waals surface area contributed by atoms with Gasteiger partial charge in [0.15, 0.2) is 0 Å². The number of amides is 1. The molecule has 0 radical (unpaired) electrons. The van der Waals surface area contributed by atoms with Crippen LogP contribution >= 0.6 is 0 Å². The van der Waals surface area contributed by atoms with Gasteiger partial charge >= 0.3 is 0 Å². The van der Waals surface area contributed by atoms with Gasteiger partial charge in [-0.1, -0.05) is 25.7 Å². The van der Waals surface area contributed by atoms with Crippen molar-refractivity contribution >= 4 is 15.9 Å². The third-order valence-electron chi connectivity index (χ3n) is 5.63. The lowest BCUT2D eigenvalue weighted by atomic mass is 9.95. The van der Waals surface area contributed by atoms with E-state index in [0.717, 1.165) is 44.9 Å². The molecule has 1 aliphatic carbocycles. The van der Waals surface area contributed by atoms with Crippen molar-refractivity contribution in [2.24, 2.45) is 0 Å². The van der Waals surface area contributed by atoms with Crippen molar-refractivity contribution in [3.05, 3.63) is 24.3 Å². The molecule has 1 N–H and O–H groups in total. The summed E-state index contributed by atoms with van der Waals surface area (Å²) in [5.41, 5.74) is 0. The maximum Gasteiger partial charge on any atom is 0.243 e. The fraction of sp³-hybridized carbons (Fsp3) is 0.650. The summed E-state index contributed by atoms with van der Waals surface area (Å²) in [6, 6.07) is 6.43. The molecule has 0 spiro atoms. The van der Waals surface area contributed by atoms with Gasteiger partial charge in [0, 0.05) is 25.0 Å². The maximum atomic E-state index is 13.1. The molecule has 1 aromatic carbocycles. The number of hydrogen-bond acceptors (Lipinski definition) is 4. The largest absolute Gasteiger partial charge is 0.497 e. The molecule has 2 aliphatic rings. The van der Waals surface area contributed by atoms with Crippen LogP contribution in [0.4, 0.5) is 0 Å². The van der Waals surface area contributed by atoms with Crippen LogP contribution in [0.3, 0.4) is 0 Å². The first-order valence-electron chi connectivity index (χ1n) is 9.96. The number of sulfonamides is 1. The molecule has 27 heavy (non-hydrogen) atoms. The summed E-state index contributed by atoms with van der Waals surface area (Å²) in [7, 11) is -2.07. The number of carbonyl (C=O) groups excluding carboxylic acids is 1. The minimum absolute atomic E-state index is 0.0243. The molecule has 1 atom stereocenters. The summed E-state index contributed by atoms with van der Waals surface area (Å²) >= 11 is 0. The topological polar surface area (TPSA) is 75.7 Å². The molecular weight excluding hydrogens is 364 g/mol. The van der Waals surface area contributed by atoms with Crippen LogP contribution < -0.4 is 10.1 Å². The first-order valence-corrected chi connectivity index (χ1v) is 11.4. The van der Waals surface area contributed by atoms with Gasteiger partial charge in [0.25, 0.3) is 0 Å². The lowest BCUT2D eigenvalue weighted by Gasteiger charge is -2.35. The van der Waals surface area contributed by atoms with Crippen molar-refractivity contribution in [1.29, 1.82) is 0 Å². The summed E-state index contributed by atoms with van der Waals surface area (Å²) in [5, 5.41) is 3.12. The van der Waals surface area contributed by atoms with Crippen LogP contribution in [0, 0.1) is 0 Å². The highest BCUT2D eigenvalue weighted by atomic mass is 32.2. The molecule has 2 fully saturated rings. The number of nitrogens with one attached hydrogen (secondary N) is 1. The number of hydrogen-bond donors (Lipinski definition) is 1. The van der Waals surface area contributed by atoms with E-state index in [2.05, 4.69) is 5.32 Å². The van der Waals surface area contributed by atoms with Gasteiger partial charge in [-0.3, -0.25) is 4.79 Å². The highest BCUT2D eigenvalue weighted by molar-refractivity contribution is 7.89. The zero-order chi connectivity index (χ0) is 19.3. The van der Waals surface area contributed by atoms with Crippen molar-refractivity contribution in [2.75, 3.05) is 13.7 Å². The zero-order valence-corrected chi connectivity index (χ0v) is 16.8. The molecule has 6 nitrogen and oxygen atoms in total. The second-order valence-electron chi connectivity index (χ2n) is 7.55. The predicted octanol–water partition coefficient (Wildman–Crippen LogP) is 3.08. The lowest BCUT2D eigenvalue weighted by molar-refractivity contribution is -0.123. The molecule has 1 saturated carbocycles. The number of rotatable bonds is 6. The van der Waals surface area contributed by atoms with Crippen molar-refractivity contribution in [3.63, 3.8) is 0 Å². The highest BCUT2D eigenvalue weighted by Crippen LogP contribution is 2.28. The van der Waals surface area contributed by atoms with Crippen LogP contribution in [0.15, 0.2) is 29.2 Å². The van der Waals surface area contributed by atoms with Gasteiger partial charge in [-0.05, 0) is 49.9 Å². The van der Waals surface area contributed by atoms with Crippen LogP contribution in [0.25, 0.3) is 0 Å². The first kappa shape index (κ1) is 20.1. The van der Waals surface area contributed by atoms with Crippen LogP contribution in [0.1, 0.15) is 57.8 Å². The molecule has 0 aromatic heterocycles. The van der Waals surface area contributed by atoms with Gasteiger partial charge < -0.3 is 10.1 Å². The van der Waals surface area contributed by atoms with Crippen molar-refractivity contribution in [3.8, 4) is 5.75 Å². The fourth-order valence-corrected chi connectivity index (χ4v) is 5.82. The van der Waals surface area contributed by atoms with Gasteiger partial charge in [-0.25, -0.2) is 8.42 Å². The molecule has 150 valence electrons. The Balaban J connectivity index is 1.68. The van der Waals surface area contributed by atoms with Crippen molar-refractivity contribution in [2.45, 2.75) is 74.8 Å². The third kappa shape index (κ3) is 5.02. The molecule has 1 saturated heterocycles. The molecule has 1 amide bonds. The molecule has 1 aliphatic heterocycles. The Morgan fingerprint density at radius 2 is 1.74 bits per heavy atom. The van der Waals surface area contributed by atoms with Crippen molar-refractivity contribution < 1.29 is 17.9 Å². The maximum absolute atomic E-state index is 13.1. The van der Waals surface area contributed by atoms with Gasteiger partial charge in [0.05, 0.1) is 12.0 Å². The standard InChI is InChI=1S/C20H30N2O4S/c1-26-18-10-12-19(13-11-18)27(24,25)22-14-6-5-9-17(22)15-20(23)21-16-7-3-2-4-8-16/h10-13,16-17H,2-9,14-15H2,1H3,(H,21,23). The Hall–Kier alpha value is -1.60. The van der Waals surface area contributed by atoms with Crippen LogP contribution in [0.2, 0.25) is 0 Å². The summed E-state index contributed by atoms with van der Waals surface area (Å²) in [4.78, 5) is 12.8. The van der Waals surface area contributed by atoms with Gasteiger partial charge in [-0.2, -0.15) is 4.31 Å². The highest BCUT2D eigenvalue weighted by Gasteiger charge is 2.35. The van der Waals surface area contributed by atoms with Gasteiger partial charge in [0.2, 0.25) is 15.9 Å². The van der Waals surface area contributed by atoms with E-state index in [1.54, 1.807) is 31.4 Å². The van der Waals surface area contributed by atoms with E-state index in [0.29, 0.717) is 12.3 Å². The molecule has 1 heterocycles. The zero-order valence-electron chi connectivity index (χ0n) is 16.0. The monoisotopic (exact) mass is 394 g/mol. The number of piperidine rings is 1. The Bertz CT molecular complexity index is 727. The number of carbonyl (C=O) groups is 1. The Labute approximate surface area is 162 Å². The van der Waals surface area contributed by atoms with Crippen LogP contribution in [-0.2, 0) is 14.8 Å². The van der Waals surface area contributed by atoms with Gasteiger partial charge in [0.1, 0.15) is 5.75 Å². The Morgan fingerprint density at radius 1 is 1.07 bits per heavy atom. The van der Waals surface area contributed by atoms with E-state index in [4.69, 9.17) is 4.74 Å². The second kappa shape index (κ2) is 9.06.